The molecule has 0 radical (unpaired) electrons. The first-order chi connectivity index (χ1) is 16.7. The van der Waals surface area contributed by atoms with Gasteiger partial charge in [0.25, 0.3) is 5.91 Å². The first-order valence-electron chi connectivity index (χ1n) is 10.9. The van der Waals surface area contributed by atoms with Crippen LogP contribution >= 0.6 is 0 Å². The number of pyridine rings is 3. The fraction of sp³-hybridized carbons (Fsp3) is 0.208. The Kier molecular flexibility index (Phi) is 4.82. The van der Waals surface area contributed by atoms with E-state index >= 15 is 0 Å². The molecule has 0 atom stereocenters. The molecule has 10 nitrogen and oxygen atoms in total. The Hall–Kier alpha value is -4.49. The SMILES string of the molecule is N#Cc1ccn2c(-c3ncc(Nc4ccc(N5CCOCC5)cn4)c4c3CNC4=O)cnc2c1. The zero-order valence-corrected chi connectivity index (χ0v) is 18.2. The van der Waals surface area contributed by atoms with Gasteiger partial charge in [-0.2, -0.15) is 5.26 Å². The maximum absolute atomic E-state index is 12.7. The summed E-state index contributed by atoms with van der Waals surface area (Å²) in [5.41, 5.74) is 5.59. The first kappa shape index (κ1) is 20.1. The average molecular weight is 452 g/mol. The van der Waals surface area contributed by atoms with Crippen molar-refractivity contribution in [3.8, 4) is 17.5 Å². The van der Waals surface area contributed by atoms with Crippen molar-refractivity contribution in [1.29, 1.82) is 5.26 Å². The van der Waals surface area contributed by atoms with Crippen molar-refractivity contribution in [2.45, 2.75) is 6.54 Å². The number of nitriles is 1. The second-order valence-electron chi connectivity index (χ2n) is 8.08. The highest BCUT2D eigenvalue weighted by Gasteiger charge is 2.28. The number of carbonyl (C=O) groups is 1. The maximum atomic E-state index is 12.7. The standard InChI is InChI=1S/C24H20N8O2/c25-10-15-3-4-32-19(14-27-21(32)9-15)23-17-12-29-24(33)22(17)18(13-28-23)30-20-2-1-16(11-26-20)31-5-7-34-8-6-31/h1-4,9,11,13-14H,5-8,12H2,(H,26,30)(H,29,33). The van der Waals surface area contributed by atoms with Gasteiger partial charge >= 0.3 is 0 Å². The molecule has 34 heavy (non-hydrogen) atoms. The molecule has 6 rings (SSSR count). The van der Waals surface area contributed by atoms with Gasteiger partial charge in [-0.25, -0.2) is 9.97 Å². The summed E-state index contributed by atoms with van der Waals surface area (Å²) in [5.74, 6) is 0.471. The quantitative estimate of drug-likeness (QED) is 0.485. The van der Waals surface area contributed by atoms with Crippen LogP contribution in [0.4, 0.5) is 17.2 Å². The summed E-state index contributed by atoms with van der Waals surface area (Å²) in [6.45, 7) is 3.48. The Balaban J connectivity index is 1.33. The zero-order chi connectivity index (χ0) is 23.1. The molecule has 0 aliphatic carbocycles. The third-order valence-electron chi connectivity index (χ3n) is 6.10. The first-order valence-corrected chi connectivity index (χ1v) is 10.9. The summed E-state index contributed by atoms with van der Waals surface area (Å²) >= 11 is 0. The van der Waals surface area contributed by atoms with Crippen molar-refractivity contribution in [2.24, 2.45) is 0 Å². The van der Waals surface area contributed by atoms with Gasteiger partial charge in [0.15, 0.2) is 0 Å². The van der Waals surface area contributed by atoms with Crippen LogP contribution in [0.1, 0.15) is 21.5 Å². The summed E-state index contributed by atoms with van der Waals surface area (Å²) < 4.78 is 7.28. The van der Waals surface area contributed by atoms with Crippen LogP contribution in [0, 0.1) is 11.3 Å². The highest BCUT2D eigenvalue weighted by Crippen LogP contribution is 2.33. The van der Waals surface area contributed by atoms with Gasteiger partial charge in [0.1, 0.15) is 11.5 Å². The molecule has 0 spiro atoms. The van der Waals surface area contributed by atoms with E-state index in [9.17, 15) is 4.79 Å². The molecule has 1 saturated heterocycles. The molecule has 1 amide bonds. The lowest BCUT2D eigenvalue weighted by Crippen LogP contribution is -2.36. The van der Waals surface area contributed by atoms with E-state index in [-0.39, 0.29) is 5.91 Å². The molecule has 0 saturated carbocycles. The van der Waals surface area contributed by atoms with Gasteiger partial charge in [-0.1, -0.05) is 0 Å². The topological polar surface area (TPSA) is 120 Å². The van der Waals surface area contributed by atoms with Crippen LogP contribution in [0.2, 0.25) is 0 Å². The smallest absolute Gasteiger partial charge is 0.254 e. The number of fused-ring (bicyclic) bond motifs is 2. The molecule has 6 heterocycles. The van der Waals surface area contributed by atoms with E-state index in [1.54, 1.807) is 30.7 Å². The molecule has 10 heteroatoms. The van der Waals surface area contributed by atoms with Crippen molar-refractivity contribution in [1.82, 2.24) is 24.7 Å². The van der Waals surface area contributed by atoms with Gasteiger partial charge < -0.3 is 20.3 Å². The second kappa shape index (κ2) is 8.13. The fourth-order valence-corrected chi connectivity index (χ4v) is 4.39. The number of ether oxygens (including phenoxy) is 1. The third kappa shape index (κ3) is 3.39. The summed E-state index contributed by atoms with van der Waals surface area (Å²) in [7, 11) is 0. The number of aromatic nitrogens is 4. The number of morpholine rings is 1. The minimum atomic E-state index is -0.160. The number of amides is 1. The van der Waals surface area contributed by atoms with Gasteiger partial charge in [-0.3, -0.25) is 14.2 Å². The van der Waals surface area contributed by atoms with Crippen molar-refractivity contribution >= 4 is 28.7 Å². The number of imidazole rings is 1. The van der Waals surface area contributed by atoms with Crippen LogP contribution in [0.5, 0.6) is 0 Å². The molecular formula is C24H20N8O2. The van der Waals surface area contributed by atoms with E-state index in [2.05, 4.69) is 36.6 Å². The Labute approximate surface area is 194 Å². The van der Waals surface area contributed by atoms with E-state index in [1.165, 1.54) is 0 Å². The minimum Gasteiger partial charge on any atom is -0.378 e. The second-order valence-corrected chi connectivity index (χ2v) is 8.08. The molecule has 4 aromatic rings. The lowest BCUT2D eigenvalue weighted by molar-refractivity contribution is 0.0966. The summed E-state index contributed by atoms with van der Waals surface area (Å²) in [6, 6.07) is 9.47. The number of rotatable bonds is 4. The van der Waals surface area contributed by atoms with Crippen LogP contribution in [0.3, 0.4) is 0 Å². The molecule has 0 aromatic carbocycles. The van der Waals surface area contributed by atoms with E-state index in [0.29, 0.717) is 53.7 Å². The zero-order valence-electron chi connectivity index (χ0n) is 18.2. The third-order valence-corrected chi connectivity index (χ3v) is 6.10. The Morgan fingerprint density at radius 2 is 1.97 bits per heavy atom. The van der Waals surface area contributed by atoms with Gasteiger partial charge in [0.2, 0.25) is 0 Å². The van der Waals surface area contributed by atoms with Crippen molar-refractivity contribution in [3.05, 3.63) is 65.7 Å². The molecule has 0 unspecified atom stereocenters. The Morgan fingerprint density at radius 1 is 1.09 bits per heavy atom. The number of hydrogen-bond donors (Lipinski definition) is 2. The Morgan fingerprint density at radius 3 is 2.76 bits per heavy atom. The van der Waals surface area contributed by atoms with E-state index in [0.717, 1.165) is 30.0 Å². The van der Waals surface area contributed by atoms with Crippen molar-refractivity contribution < 1.29 is 9.53 Å². The highest BCUT2D eigenvalue weighted by atomic mass is 16.5. The summed E-state index contributed by atoms with van der Waals surface area (Å²) in [6.07, 6.45) is 6.98. The Bertz CT molecular complexity index is 1450. The number of carbonyl (C=O) groups excluding carboxylic acids is 1. The molecule has 168 valence electrons. The largest absolute Gasteiger partial charge is 0.378 e. The number of anilines is 3. The van der Waals surface area contributed by atoms with Crippen molar-refractivity contribution in [2.75, 3.05) is 36.5 Å². The van der Waals surface area contributed by atoms with Crippen LogP contribution in [0.15, 0.2) is 49.1 Å². The average Bonchev–Trinajstić information content (AvgIpc) is 3.49. The van der Waals surface area contributed by atoms with Gasteiger partial charge in [0, 0.05) is 31.4 Å². The molecule has 1 fully saturated rings. The van der Waals surface area contributed by atoms with Crippen LogP contribution in [-0.4, -0.2) is 51.6 Å². The van der Waals surface area contributed by atoms with Gasteiger partial charge in [-0.15, -0.1) is 0 Å². The van der Waals surface area contributed by atoms with Crippen LogP contribution < -0.4 is 15.5 Å². The molecule has 2 aliphatic rings. The molecular weight excluding hydrogens is 432 g/mol. The van der Waals surface area contributed by atoms with E-state index in [4.69, 9.17) is 10.00 Å². The normalized spacial score (nSPS) is 15.1. The lowest BCUT2D eigenvalue weighted by Gasteiger charge is -2.28. The number of nitrogens with one attached hydrogen (secondary N) is 2. The van der Waals surface area contributed by atoms with Gasteiger partial charge in [-0.05, 0) is 24.3 Å². The minimum absolute atomic E-state index is 0.160. The summed E-state index contributed by atoms with van der Waals surface area (Å²) in [5, 5.41) is 15.3. The fourth-order valence-electron chi connectivity index (χ4n) is 4.39. The number of nitrogens with zero attached hydrogens (tertiary/aromatic N) is 6. The van der Waals surface area contributed by atoms with E-state index in [1.807, 2.05) is 22.7 Å². The highest BCUT2D eigenvalue weighted by molar-refractivity contribution is 6.05. The maximum Gasteiger partial charge on any atom is 0.254 e. The van der Waals surface area contributed by atoms with E-state index < -0.39 is 0 Å². The lowest BCUT2D eigenvalue weighted by atomic mass is 10.1. The monoisotopic (exact) mass is 452 g/mol. The molecule has 2 aliphatic heterocycles. The molecule has 2 N–H and O–H groups in total. The molecule has 0 bridgehead atoms. The van der Waals surface area contributed by atoms with Crippen molar-refractivity contribution in [3.63, 3.8) is 0 Å². The summed E-state index contributed by atoms with van der Waals surface area (Å²) in [4.78, 5) is 28.6. The predicted molar refractivity (Wildman–Crippen MR) is 125 cm³/mol. The van der Waals surface area contributed by atoms with Gasteiger partial charge in [0.05, 0.1) is 71.8 Å². The van der Waals surface area contributed by atoms with Crippen LogP contribution in [0.25, 0.3) is 17.0 Å². The predicted octanol–water partition coefficient (Wildman–Crippen LogP) is 2.49. The number of hydrogen-bond acceptors (Lipinski definition) is 8. The molecule has 4 aromatic heterocycles. The van der Waals surface area contributed by atoms with Crippen LogP contribution in [-0.2, 0) is 11.3 Å².